The molecular formula is C18H26N4. The van der Waals surface area contributed by atoms with Gasteiger partial charge in [0.2, 0.25) is 0 Å². The fraction of sp³-hybridized carbons (Fsp3) is 0.500. The Morgan fingerprint density at radius 3 is 2.86 bits per heavy atom. The highest BCUT2D eigenvalue weighted by Crippen LogP contribution is 2.18. The van der Waals surface area contributed by atoms with Crippen molar-refractivity contribution in [3.63, 3.8) is 0 Å². The molecule has 0 fully saturated rings. The lowest BCUT2D eigenvalue weighted by atomic mass is 10.00. The number of aromatic nitrogens is 2. The van der Waals surface area contributed by atoms with Gasteiger partial charge in [0, 0.05) is 51.2 Å². The Balaban J connectivity index is 1.43. The Bertz CT molecular complexity index is 605. The highest BCUT2D eigenvalue weighted by atomic mass is 15.2. The molecular weight excluding hydrogens is 272 g/mol. The average molecular weight is 298 g/mol. The second-order valence-electron chi connectivity index (χ2n) is 6.28. The highest BCUT2D eigenvalue weighted by molar-refractivity contribution is 5.29. The SMILES string of the molecule is Cc1nccn1CCN[C@H](C)CN1CCc2ccccc2C1. The summed E-state index contributed by atoms with van der Waals surface area (Å²) in [6.45, 7) is 9.67. The molecule has 0 saturated heterocycles. The lowest BCUT2D eigenvalue weighted by molar-refractivity contribution is 0.229. The Labute approximate surface area is 133 Å². The molecule has 0 unspecified atom stereocenters. The quantitative estimate of drug-likeness (QED) is 0.888. The van der Waals surface area contributed by atoms with Crippen LogP contribution in [0.3, 0.4) is 0 Å². The normalized spacial score (nSPS) is 16.5. The van der Waals surface area contributed by atoms with E-state index in [0.717, 1.165) is 32.0 Å². The lowest BCUT2D eigenvalue weighted by Gasteiger charge is -2.31. The zero-order valence-electron chi connectivity index (χ0n) is 13.6. The van der Waals surface area contributed by atoms with Gasteiger partial charge in [0.25, 0.3) is 0 Å². The fourth-order valence-electron chi connectivity index (χ4n) is 3.23. The molecule has 1 N–H and O–H groups in total. The molecule has 1 atom stereocenters. The van der Waals surface area contributed by atoms with Gasteiger partial charge in [0.05, 0.1) is 0 Å². The number of rotatable bonds is 6. The summed E-state index contributed by atoms with van der Waals surface area (Å²) in [6.07, 6.45) is 5.09. The Kier molecular flexibility index (Phi) is 4.90. The molecule has 22 heavy (non-hydrogen) atoms. The van der Waals surface area contributed by atoms with Gasteiger partial charge in [-0.05, 0) is 31.4 Å². The summed E-state index contributed by atoms with van der Waals surface area (Å²) in [7, 11) is 0. The second kappa shape index (κ2) is 7.07. The van der Waals surface area contributed by atoms with Crippen LogP contribution >= 0.6 is 0 Å². The minimum Gasteiger partial charge on any atom is -0.334 e. The molecule has 0 spiro atoms. The van der Waals surface area contributed by atoms with Crippen molar-refractivity contribution in [3.05, 3.63) is 53.6 Å². The lowest BCUT2D eigenvalue weighted by Crippen LogP contribution is -2.42. The number of nitrogens with zero attached hydrogens (tertiary/aromatic N) is 3. The van der Waals surface area contributed by atoms with Crippen LogP contribution in [0.15, 0.2) is 36.7 Å². The predicted molar refractivity (Wildman–Crippen MR) is 89.9 cm³/mol. The van der Waals surface area contributed by atoms with E-state index >= 15 is 0 Å². The average Bonchev–Trinajstić information content (AvgIpc) is 2.92. The summed E-state index contributed by atoms with van der Waals surface area (Å²) < 4.78 is 2.19. The third-order valence-corrected chi connectivity index (χ3v) is 4.51. The number of hydrogen-bond donors (Lipinski definition) is 1. The summed E-state index contributed by atoms with van der Waals surface area (Å²) in [5.74, 6) is 1.09. The first kappa shape index (κ1) is 15.3. The van der Waals surface area contributed by atoms with Crippen LogP contribution in [0, 0.1) is 6.92 Å². The molecule has 0 bridgehead atoms. The third kappa shape index (κ3) is 3.76. The van der Waals surface area contributed by atoms with Crippen LogP contribution in [-0.4, -0.2) is 40.1 Å². The molecule has 0 aliphatic carbocycles. The van der Waals surface area contributed by atoms with Gasteiger partial charge in [-0.1, -0.05) is 24.3 Å². The van der Waals surface area contributed by atoms with Crippen molar-refractivity contribution < 1.29 is 0 Å². The number of imidazole rings is 1. The maximum atomic E-state index is 4.26. The molecule has 4 heteroatoms. The van der Waals surface area contributed by atoms with Crippen LogP contribution in [0.2, 0.25) is 0 Å². The van der Waals surface area contributed by atoms with Crippen LogP contribution < -0.4 is 5.32 Å². The minimum atomic E-state index is 0.508. The van der Waals surface area contributed by atoms with Gasteiger partial charge in [0.1, 0.15) is 5.82 Å². The first-order chi connectivity index (χ1) is 10.7. The van der Waals surface area contributed by atoms with Crippen molar-refractivity contribution in [2.24, 2.45) is 0 Å². The van der Waals surface area contributed by atoms with Crippen molar-refractivity contribution in [1.29, 1.82) is 0 Å². The molecule has 118 valence electrons. The van der Waals surface area contributed by atoms with Crippen molar-refractivity contribution in [1.82, 2.24) is 19.8 Å². The third-order valence-electron chi connectivity index (χ3n) is 4.51. The summed E-state index contributed by atoms with van der Waals surface area (Å²) in [5.41, 5.74) is 3.02. The molecule has 0 amide bonds. The summed E-state index contributed by atoms with van der Waals surface area (Å²) in [5, 5.41) is 3.63. The van der Waals surface area contributed by atoms with Gasteiger partial charge in [-0.2, -0.15) is 0 Å². The highest BCUT2D eigenvalue weighted by Gasteiger charge is 2.17. The van der Waals surface area contributed by atoms with E-state index in [1.165, 1.54) is 24.1 Å². The molecule has 3 rings (SSSR count). The van der Waals surface area contributed by atoms with Crippen LogP contribution in [0.1, 0.15) is 23.9 Å². The van der Waals surface area contributed by atoms with E-state index in [1.807, 2.05) is 12.4 Å². The van der Waals surface area contributed by atoms with Crippen molar-refractivity contribution in [2.75, 3.05) is 19.6 Å². The Hall–Kier alpha value is -1.65. The number of hydrogen-bond acceptors (Lipinski definition) is 3. The van der Waals surface area contributed by atoms with E-state index in [9.17, 15) is 0 Å². The van der Waals surface area contributed by atoms with Gasteiger partial charge in [-0.15, -0.1) is 0 Å². The van der Waals surface area contributed by atoms with Gasteiger partial charge < -0.3 is 9.88 Å². The largest absolute Gasteiger partial charge is 0.334 e. The first-order valence-corrected chi connectivity index (χ1v) is 8.22. The maximum absolute atomic E-state index is 4.26. The van der Waals surface area contributed by atoms with E-state index < -0.39 is 0 Å². The Morgan fingerprint density at radius 2 is 2.09 bits per heavy atom. The van der Waals surface area contributed by atoms with Gasteiger partial charge in [-0.3, -0.25) is 4.90 Å². The van der Waals surface area contributed by atoms with Crippen molar-refractivity contribution >= 4 is 0 Å². The summed E-state index contributed by atoms with van der Waals surface area (Å²) >= 11 is 0. The Morgan fingerprint density at radius 1 is 1.27 bits per heavy atom. The van der Waals surface area contributed by atoms with Crippen LogP contribution in [0.25, 0.3) is 0 Å². The number of fused-ring (bicyclic) bond motifs is 1. The van der Waals surface area contributed by atoms with Gasteiger partial charge in [0.15, 0.2) is 0 Å². The molecule has 1 aliphatic rings. The monoisotopic (exact) mass is 298 g/mol. The van der Waals surface area contributed by atoms with E-state index in [0.29, 0.717) is 6.04 Å². The smallest absolute Gasteiger partial charge is 0.105 e. The topological polar surface area (TPSA) is 33.1 Å². The molecule has 1 aliphatic heterocycles. The molecule has 2 aromatic rings. The van der Waals surface area contributed by atoms with Gasteiger partial charge >= 0.3 is 0 Å². The maximum Gasteiger partial charge on any atom is 0.105 e. The zero-order valence-corrected chi connectivity index (χ0v) is 13.6. The molecule has 0 radical (unpaired) electrons. The molecule has 0 saturated carbocycles. The van der Waals surface area contributed by atoms with E-state index in [-0.39, 0.29) is 0 Å². The predicted octanol–water partition coefficient (Wildman–Crippen LogP) is 2.23. The zero-order chi connectivity index (χ0) is 15.4. The van der Waals surface area contributed by atoms with Crippen molar-refractivity contribution in [2.45, 2.75) is 39.4 Å². The van der Waals surface area contributed by atoms with Crippen LogP contribution in [0.4, 0.5) is 0 Å². The second-order valence-corrected chi connectivity index (χ2v) is 6.28. The molecule has 1 aromatic heterocycles. The van der Waals surface area contributed by atoms with Gasteiger partial charge in [-0.25, -0.2) is 4.98 Å². The minimum absolute atomic E-state index is 0.508. The summed E-state index contributed by atoms with van der Waals surface area (Å²) in [6, 6.07) is 9.34. The van der Waals surface area contributed by atoms with Crippen LogP contribution in [-0.2, 0) is 19.5 Å². The molecule has 1 aromatic carbocycles. The standard InChI is InChI=1S/C18H26N4/c1-15(19-8-11-22-12-9-20-16(22)2)13-21-10-7-17-5-3-4-6-18(17)14-21/h3-6,9,12,15,19H,7-8,10-11,13-14H2,1-2H3/t15-/m1/s1. The van der Waals surface area contributed by atoms with E-state index in [1.54, 1.807) is 0 Å². The van der Waals surface area contributed by atoms with Crippen molar-refractivity contribution in [3.8, 4) is 0 Å². The van der Waals surface area contributed by atoms with E-state index in [4.69, 9.17) is 0 Å². The number of nitrogens with one attached hydrogen (secondary N) is 1. The number of benzene rings is 1. The van der Waals surface area contributed by atoms with Crippen LogP contribution in [0.5, 0.6) is 0 Å². The molecule has 2 heterocycles. The fourth-order valence-corrected chi connectivity index (χ4v) is 3.23. The summed E-state index contributed by atoms with van der Waals surface area (Å²) in [4.78, 5) is 6.81. The van der Waals surface area contributed by atoms with E-state index in [2.05, 4.69) is 57.9 Å². The number of aryl methyl sites for hydroxylation is 1. The first-order valence-electron chi connectivity index (χ1n) is 8.22. The molecule has 4 nitrogen and oxygen atoms in total.